The Balaban J connectivity index is 0.00000143. The van der Waals surface area contributed by atoms with Crippen LogP contribution in [0, 0.1) is 18.3 Å². The number of carbonyl (C=O) groups excluding carboxylic acids is 1. The number of piperazine rings is 1. The Morgan fingerprint density at radius 1 is 1.10 bits per heavy atom. The van der Waals surface area contributed by atoms with Gasteiger partial charge in [0.05, 0.1) is 16.6 Å². The van der Waals surface area contributed by atoms with E-state index in [1.165, 1.54) is 6.42 Å². The summed E-state index contributed by atoms with van der Waals surface area (Å²) in [4.78, 5) is 16.4. The molecule has 1 amide bonds. The minimum absolute atomic E-state index is 0.0488. The van der Waals surface area contributed by atoms with Gasteiger partial charge in [0.15, 0.2) is 0 Å². The van der Waals surface area contributed by atoms with Gasteiger partial charge in [-0.05, 0) is 18.2 Å². The van der Waals surface area contributed by atoms with Gasteiger partial charge in [-0.25, -0.2) is 0 Å². The van der Waals surface area contributed by atoms with Crippen molar-refractivity contribution in [1.29, 1.82) is 0 Å². The molecule has 0 aromatic heterocycles. The Bertz CT molecular complexity index is 672. The molecule has 1 aromatic carbocycles. The van der Waals surface area contributed by atoms with Gasteiger partial charge in [0.1, 0.15) is 0 Å². The zero-order valence-electron chi connectivity index (χ0n) is 18.4. The van der Waals surface area contributed by atoms with Gasteiger partial charge in [-0.15, -0.1) is 12.8 Å². The fourth-order valence-corrected chi connectivity index (χ4v) is 2.75. The molecule has 0 spiro atoms. The topological polar surface area (TPSA) is 35.6 Å². The minimum atomic E-state index is -0.0488. The van der Waals surface area contributed by atoms with E-state index in [4.69, 9.17) is 23.2 Å². The van der Waals surface area contributed by atoms with E-state index in [0.29, 0.717) is 29.7 Å². The molecule has 1 heterocycles. The average molecular weight is 440 g/mol. The maximum Gasteiger partial charge on any atom is 0.241 e. The van der Waals surface area contributed by atoms with Crippen molar-refractivity contribution in [2.75, 3.05) is 37.6 Å². The van der Waals surface area contributed by atoms with Crippen LogP contribution in [0.15, 0.2) is 30.5 Å². The molecule has 1 aliphatic heterocycles. The fourth-order valence-electron chi connectivity index (χ4n) is 2.46. The van der Waals surface area contributed by atoms with Crippen LogP contribution in [0.3, 0.4) is 0 Å². The molecule has 0 aliphatic carbocycles. The van der Waals surface area contributed by atoms with Crippen molar-refractivity contribution >= 4 is 34.8 Å². The average Bonchev–Trinajstić information content (AvgIpc) is 2.69. The summed E-state index contributed by atoms with van der Waals surface area (Å²) in [5.74, 6) is 0.106. The van der Waals surface area contributed by atoms with Crippen LogP contribution in [0.1, 0.15) is 41.0 Å². The highest BCUT2D eigenvalue weighted by Gasteiger charge is 2.22. The van der Waals surface area contributed by atoms with Crippen LogP contribution >= 0.6 is 23.2 Å². The molecule has 162 valence electrons. The quantitative estimate of drug-likeness (QED) is 0.632. The standard InChI is InChI=1S/C18H25Cl2N3O.C3H8.C2H2/c1-13(18(2,3)4)21-12-17(24)23-9-7-22(8-10-23)14-5-6-15(19)16(20)11-14;1-3-2;1-2/h5-6,11,21H,1,7-10,12H2,2-4H3;3H2,1-2H3;1-2H. The number of amides is 1. The third-order valence-corrected chi connectivity index (χ3v) is 5.00. The summed E-state index contributed by atoms with van der Waals surface area (Å²) in [7, 11) is 0. The van der Waals surface area contributed by atoms with Crippen LogP contribution in [0.25, 0.3) is 0 Å². The molecular weight excluding hydrogens is 405 g/mol. The Morgan fingerprint density at radius 3 is 2.07 bits per heavy atom. The summed E-state index contributed by atoms with van der Waals surface area (Å²) in [6, 6.07) is 5.63. The first-order chi connectivity index (χ1) is 13.6. The number of hydrogen-bond acceptors (Lipinski definition) is 3. The third-order valence-electron chi connectivity index (χ3n) is 4.26. The molecule has 6 heteroatoms. The molecule has 1 aliphatic rings. The van der Waals surface area contributed by atoms with Crippen molar-refractivity contribution in [3.05, 3.63) is 40.5 Å². The number of rotatable bonds is 4. The smallest absolute Gasteiger partial charge is 0.241 e. The lowest BCUT2D eigenvalue weighted by molar-refractivity contribution is -0.130. The lowest BCUT2D eigenvalue weighted by Gasteiger charge is -2.36. The van der Waals surface area contributed by atoms with E-state index >= 15 is 0 Å². The number of terminal acetylenes is 1. The zero-order chi connectivity index (χ0) is 22.6. The Kier molecular flexibility index (Phi) is 12.6. The highest BCUT2D eigenvalue weighted by molar-refractivity contribution is 6.42. The van der Waals surface area contributed by atoms with Gasteiger partial charge in [-0.3, -0.25) is 4.79 Å². The molecule has 0 unspecified atom stereocenters. The summed E-state index contributed by atoms with van der Waals surface area (Å²) >= 11 is 12.0. The van der Waals surface area contributed by atoms with Crippen LogP contribution in [-0.2, 0) is 4.79 Å². The second kappa shape index (κ2) is 13.4. The summed E-state index contributed by atoms with van der Waals surface area (Å²) in [6.45, 7) is 17.7. The highest BCUT2D eigenvalue weighted by Crippen LogP contribution is 2.27. The van der Waals surface area contributed by atoms with Crippen molar-refractivity contribution in [2.45, 2.75) is 41.0 Å². The van der Waals surface area contributed by atoms with Crippen LogP contribution in [0.2, 0.25) is 10.0 Å². The number of nitrogens with one attached hydrogen (secondary N) is 1. The van der Waals surface area contributed by atoms with Crippen LogP contribution in [-0.4, -0.2) is 43.5 Å². The number of halogens is 2. The molecule has 1 saturated heterocycles. The van der Waals surface area contributed by atoms with Gasteiger partial charge in [-0.2, -0.15) is 0 Å². The van der Waals surface area contributed by atoms with Crippen molar-refractivity contribution in [1.82, 2.24) is 10.2 Å². The van der Waals surface area contributed by atoms with Crippen molar-refractivity contribution in [3.8, 4) is 12.8 Å². The number of carbonyl (C=O) groups is 1. The number of benzene rings is 1. The van der Waals surface area contributed by atoms with Crippen LogP contribution in [0.5, 0.6) is 0 Å². The van der Waals surface area contributed by atoms with Gasteiger partial charge >= 0.3 is 0 Å². The summed E-state index contributed by atoms with van der Waals surface area (Å²) < 4.78 is 0. The number of allylic oxidation sites excluding steroid dienone is 1. The molecule has 0 atom stereocenters. The van der Waals surface area contributed by atoms with Gasteiger partial charge in [0.2, 0.25) is 5.91 Å². The number of nitrogens with zero attached hydrogens (tertiary/aromatic N) is 2. The Hall–Kier alpha value is -1.83. The monoisotopic (exact) mass is 439 g/mol. The molecule has 4 nitrogen and oxygen atoms in total. The van der Waals surface area contributed by atoms with Gasteiger partial charge in [-0.1, -0.05) is 70.8 Å². The summed E-state index contributed by atoms with van der Waals surface area (Å²) in [5.41, 5.74) is 1.87. The molecule has 0 saturated carbocycles. The van der Waals surface area contributed by atoms with Crippen molar-refractivity contribution in [2.24, 2.45) is 5.41 Å². The Morgan fingerprint density at radius 2 is 1.62 bits per heavy atom. The van der Waals surface area contributed by atoms with E-state index in [-0.39, 0.29) is 11.3 Å². The maximum atomic E-state index is 12.3. The zero-order valence-corrected chi connectivity index (χ0v) is 19.9. The molecule has 2 rings (SSSR count). The number of hydrogen-bond donors (Lipinski definition) is 1. The van der Waals surface area contributed by atoms with Gasteiger partial charge in [0.25, 0.3) is 0 Å². The van der Waals surface area contributed by atoms with Gasteiger partial charge < -0.3 is 15.1 Å². The molecule has 1 N–H and O–H groups in total. The molecule has 29 heavy (non-hydrogen) atoms. The lowest BCUT2D eigenvalue weighted by atomic mass is 9.93. The minimum Gasteiger partial charge on any atom is -0.380 e. The molecule has 1 fully saturated rings. The van der Waals surface area contributed by atoms with E-state index in [1.54, 1.807) is 6.07 Å². The summed E-state index contributed by atoms with van der Waals surface area (Å²) in [6.07, 6.45) is 9.25. The van der Waals surface area contributed by atoms with Crippen molar-refractivity contribution in [3.63, 3.8) is 0 Å². The van der Waals surface area contributed by atoms with Gasteiger partial charge in [0, 0.05) is 43.0 Å². The lowest BCUT2D eigenvalue weighted by Crippen LogP contribution is -2.51. The first-order valence-corrected chi connectivity index (χ1v) is 10.6. The SMILES string of the molecule is C#C.C=C(NCC(=O)N1CCN(c2ccc(Cl)c(Cl)c2)CC1)C(C)(C)C.CCC. The van der Waals surface area contributed by atoms with Crippen LogP contribution in [0.4, 0.5) is 5.69 Å². The van der Waals surface area contributed by atoms with E-state index in [1.807, 2.05) is 17.0 Å². The first kappa shape index (κ1) is 27.2. The van der Waals surface area contributed by atoms with E-state index in [9.17, 15) is 4.79 Å². The highest BCUT2D eigenvalue weighted by atomic mass is 35.5. The van der Waals surface area contributed by atoms with E-state index in [0.717, 1.165) is 24.5 Å². The van der Waals surface area contributed by atoms with E-state index in [2.05, 4.69) is 64.3 Å². The molecular formula is C23H35Cl2N3O. The third kappa shape index (κ3) is 9.47. The predicted molar refractivity (Wildman–Crippen MR) is 128 cm³/mol. The Labute approximate surface area is 187 Å². The molecule has 0 bridgehead atoms. The second-order valence-corrected chi connectivity index (χ2v) is 8.57. The first-order valence-electron chi connectivity index (χ1n) is 9.84. The normalized spacial score (nSPS) is 13.4. The van der Waals surface area contributed by atoms with E-state index < -0.39 is 0 Å². The fraction of sp³-hybridized carbons (Fsp3) is 0.522. The largest absolute Gasteiger partial charge is 0.380 e. The molecule has 1 aromatic rings. The number of anilines is 1. The second-order valence-electron chi connectivity index (χ2n) is 7.76. The molecule has 0 radical (unpaired) electrons. The predicted octanol–water partition coefficient (Wildman–Crippen LogP) is 5.46. The van der Waals surface area contributed by atoms with Crippen molar-refractivity contribution < 1.29 is 4.79 Å². The summed E-state index contributed by atoms with van der Waals surface area (Å²) in [5, 5.41) is 4.25. The van der Waals surface area contributed by atoms with Crippen LogP contribution < -0.4 is 10.2 Å². The maximum absolute atomic E-state index is 12.3.